The quantitative estimate of drug-likeness (QED) is 0.880. The van der Waals surface area contributed by atoms with E-state index >= 15 is 0 Å². The molecule has 6 heteroatoms. The molecule has 21 heavy (non-hydrogen) atoms. The molecule has 2 aromatic carbocycles. The number of phenols is 1. The molecule has 0 atom stereocenters. The SMILES string of the molecule is Cc1ccc(O)c(C(=O)Nc2ccccc2C(F)(F)F)c1. The highest BCUT2D eigenvalue weighted by Gasteiger charge is 2.33. The number of rotatable bonds is 2. The van der Waals surface area contributed by atoms with Crippen LogP contribution in [-0.2, 0) is 6.18 Å². The van der Waals surface area contributed by atoms with E-state index in [1.165, 1.54) is 24.3 Å². The number of para-hydroxylation sites is 1. The molecule has 0 aliphatic heterocycles. The van der Waals surface area contributed by atoms with Crippen LogP contribution in [0.2, 0.25) is 0 Å². The number of carbonyl (C=O) groups excluding carboxylic acids is 1. The molecule has 0 aromatic heterocycles. The fourth-order valence-corrected chi connectivity index (χ4v) is 1.86. The van der Waals surface area contributed by atoms with Crippen LogP contribution in [0.4, 0.5) is 18.9 Å². The minimum Gasteiger partial charge on any atom is -0.507 e. The molecule has 0 saturated heterocycles. The van der Waals surface area contributed by atoms with Crippen molar-refractivity contribution in [2.75, 3.05) is 5.32 Å². The van der Waals surface area contributed by atoms with Crippen molar-refractivity contribution in [2.24, 2.45) is 0 Å². The van der Waals surface area contributed by atoms with Crippen LogP contribution in [0.3, 0.4) is 0 Å². The Morgan fingerprint density at radius 1 is 1.14 bits per heavy atom. The average Bonchev–Trinajstić information content (AvgIpc) is 2.41. The number of alkyl halides is 3. The van der Waals surface area contributed by atoms with Crippen molar-refractivity contribution < 1.29 is 23.1 Å². The molecule has 0 spiro atoms. The maximum Gasteiger partial charge on any atom is 0.418 e. The highest BCUT2D eigenvalue weighted by atomic mass is 19.4. The summed E-state index contributed by atoms with van der Waals surface area (Å²) in [6.07, 6.45) is -4.57. The molecule has 2 rings (SSSR count). The largest absolute Gasteiger partial charge is 0.507 e. The Morgan fingerprint density at radius 3 is 2.48 bits per heavy atom. The molecule has 2 N–H and O–H groups in total. The number of benzene rings is 2. The van der Waals surface area contributed by atoms with Gasteiger partial charge in [-0.3, -0.25) is 4.79 Å². The number of aromatic hydroxyl groups is 1. The Bertz CT molecular complexity index is 681. The van der Waals surface area contributed by atoms with Gasteiger partial charge in [-0.2, -0.15) is 13.2 Å². The van der Waals surface area contributed by atoms with Gasteiger partial charge in [-0.25, -0.2) is 0 Å². The van der Waals surface area contributed by atoms with Crippen LogP contribution in [0.25, 0.3) is 0 Å². The summed E-state index contributed by atoms with van der Waals surface area (Å²) in [6.45, 7) is 1.71. The zero-order valence-electron chi connectivity index (χ0n) is 11.0. The summed E-state index contributed by atoms with van der Waals surface area (Å²) >= 11 is 0. The second kappa shape index (κ2) is 5.47. The summed E-state index contributed by atoms with van der Waals surface area (Å²) in [5.74, 6) is -1.09. The summed E-state index contributed by atoms with van der Waals surface area (Å²) in [5, 5.41) is 11.8. The van der Waals surface area contributed by atoms with Crippen molar-refractivity contribution in [2.45, 2.75) is 13.1 Å². The second-order valence-corrected chi connectivity index (χ2v) is 4.52. The second-order valence-electron chi connectivity index (χ2n) is 4.52. The zero-order chi connectivity index (χ0) is 15.6. The molecular formula is C15H12F3NO2. The van der Waals surface area contributed by atoms with Crippen LogP contribution in [0, 0.1) is 6.92 Å². The van der Waals surface area contributed by atoms with Crippen molar-refractivity contribution in [3.05, 3.63) is 59.2 Å². The van der Waals surface area contributed by atoms with Crippen LogP contribution in [0.15, 0.2) is 42.5 Å². The van der Waals surface area contributed by atoms with E-state index in [0.29, 0.717) is 5.56 Å². The number of anilines is 1. The first-order valence-corrected chi connectivity index (χ1v) is 6.06. The standard InChI is InChI=1S/C15H12F3NO2/c1-9-6-7-13(20)10(8-9)14(21)19-12-5-3-2-4-11(12)15(16,17)18/h2-8,20H,1H3,(H,19,21). The van der Waals surface area contributed by atoms with Gasteiger partial charge in [0.25, 0.3) is 5.91 Å². The Morgan fingerprint density at radius 2 is 1.81 bits per heavy atom. The third kappa shape index (κ3) is 3.34. The molecule has 0 bridgehead atoms. The lowest BCUT2D eigenvalue weighted by molar-refractivity contribution is -0.136. The summed E-state index contributed by atoms with van der Waals surface area (Å²) in [5.41, 5.74) is -0.657. The van der Waals surface area contributed by atoms with Gasteiger partial charge in [0, 0.05) is 0 Å². The normalized spacial score (nSPS) is 11.2. The smallest absolute Gasteiger partial charge is 0.418 e. The number of carbonyl (C=O) groups is 1. The number of phenolic OH excluding ortho intramolecular Hbond substituents is 1. The van der Waals surface area contributed by atoms with Crippen LogP contribution in [0.1, 0.15) is 21.5 Å². The van der Waals surface area contributed by atoms with E-state index in [-0.39, 0.29) is 17.0 Å². The van der Waals surface area contributed by atoms with E-state index in [1.807, 2.05) is 0 Å². The van der Waals surface area contributed by atoms with Gasteiger partial charge in [0.15, 0.2) is 0 Å². The molecule has 0 radical (unpaired) electrons. The van der Waals surface area contributed by atoms with Crippen molar-refractivity contribution in [3.63, 3.8) is 0 Å². The third-order valence-corrected chi connectivity index (χ3v) is 2.88. The molecule has 3 nitrogen and oxygen atoms in total. The molecule has 2 aromatic rings. The van der Waals surface area contributed by atoms with Gasteiger partial charge in [0.05, 0.1) is 16.8 Å². The minimum absolute atomic E-state index is 0.0769. The first-order chi connectivity index (χ1) is 9.79. The van der Waals surface area contributed by atoms with Crippen molar-refractivity contribution >= 4 is 11.6 Å². The lowest BCUT2D eigenvalue weighted by Crippen LogP contribution is -2.16. The lowest BCUT2D eigenvalue weighted by Gasteiger charge is -2.14. The Hall–Kier alpha value is -2.50. The van der Waals surface area contributed by atoms with E-state index in [2.05, 4.69) is 5.32 Å². The number of aryl methyl sites for hydroxylation is 1. The van der Waals surface area contributed by atoms with E-state index in [0.717, 1.165) is 12.1 Å². The predicted octanol–water partition coefficient (Wildman–Crippen LogP) is 3.97. The van der Waals surface area contributed by atoms with Gasteiger partial charge in [-0.1, -0.05) is 23.8 Å². The Labute approximate surface area is 119 Å². The van der Waals surface area contributed by atoms with Crippen LogP contribution in [0.5, 0.6) is 5.75 Å². The number of amides is 1. The monoisotopic (exact) mass is 295 g/mol. The van der Waals surface area contributed by atoms with Crippen LogP contribution in [-0.4, -0.2) is 11.0 Å². The molecule has 0 fully saturated rings. The predicted molar refractivity (Wildman–Crippen MR) is 72.2 cm³/mol. The van der Waals surface area contributed by atoms with Gasteiger partial charge in [0.2, 0.25) is 0 Å². The molecule has 0 aliphatic carbocycles. The topological polar surface area (TPSA) is 49.3 Å². The van der Waals surface area contributed by atoms with Gasteiger partial charge in [-0.05, 0) is 31.2 Å². The van der Waals surface area contributed by atoms with Crippen LogP contribution >= 0.6 is 0 Å². The highest BCUT2D eigenvalue weighted by molar-refractivity contribution is 6.06. The number of hydrogen-bond donors (Lipinski definition) is 2. The van der Waals surface area contributed by atoms with Gasteiger partial charge >= 0.3 is 6.18 Å². The molecular weight excluding hydrogens is 283 g/mol. The van der Waals surface area contributed by atoms with Crippen molar-refractivity contribution in [1.82, 2.24) is 0 Å². The van der Waals surface area contributed by atoms with Crippen LogP contribution < -0.4 is 5.32 Å². The summed E-state index contributed by atoms with van der Waals surface area (Å²) in [4.78, 5) is 12.0. The minimum atomic E-state index is -4.57. The van der Waals surface area contributed by atoms with Gasteiger partial charge in [0.1, 0.15) is 5.75 Å². The zero-order valence-corrected chi connectivity index (χ0v) is 11.0. The average molecular weight is 295 g/mol. The summed E-state index contributed by atoms with van der Waals surface area (Å²) < 4.78 is 38.5. The molecule has 0 saturated carbocycles. The third-order valence-electron chi connectivity index (χ3n) is 2.88. The fraction of sp³-hybridized carbons (Fsp3) is 0.133. The molecule has 110 valence electrons. The molecule has 0 unspecified atom stereocenters. The molecule has 1 amide bonds. The lowest BCUT2D eigenvalue weighted by atomic mass is 10.1. The van der Waals surface area contributed by atoms with E-state index in [9.17, 15) is 23.1 Å². The number of nitrogens with one attached hydrogen (secondary N) is 1. The Kier molecular flexibility index (Phi) is 3.88. The van der Waals surface area contributed by atoms with E-state index in [4.69, 9.17) is 0 Å². The van der Waals surface area contributed by atoms with Gasteiger partial charge < -0.3 is 10.4 Å². The fourth-order valence-electron chi connectivity index (χ4n) is 1.86. The Balaban J connectivity index is 2.35. The van der Waals surface area contributed by atoms with E-state index < -0.39 is 17.6 Å². The highest BCUT2D eigenvalue weighted by Crippen LogP contribution is 2.35. The van der Waals surface area contributed by atoms with Crippen molar-refractivity contribution in [1.29, 1.82) is 0 Å². The van der Waals surface area contributed by atoms with E-state index in [1.54, 1.807) is 13.0 Å². The summed E-state index contributed by atoms with van der Waals surface area (Å²) in [7, 11) is 0. The first-order valence-electron chi connectivity index (χ1n) is 6.06. The molecule has 0 heterocycles. The summed E-state index contributed by atoms with van der Waals surface area (Å²) in [6, 6.07) is 8.99. The van der Waals surface area contributed by atoms with Crippen molar-refractivity contribution in [3.8, 4) is 5.75 Å². The first kappa shape index (κ1) is 14.9. The maximum atomic E-state index is 12.8. The molecule has 0 aliphatic rings. The number of hydrogen-bond acceptors (Lipinski definition) is 2. The van der Waals surface area contributed by atoms with Gasteiger partial charge in [-0.15, -0.1) is 0 Å². The number of halogens is 3. The maximum absolute atomic E-state index is 12.8.